The second-order valence-electron chi connectivity index (χ2n) is 7.82. The van der Waals surface area contributed by atoms with Gasteiger partial charge in [0, 0.05) is 43.0 Å². The van der Waals surface area contributed by atoms with Gasteiger partial charge in [-0.25, -0.2) is 14.6 Å². The van der Waals surface area contributed by atoms with Crippen LogP contribution < -0.4 is 4.90 Å². The smallest absolute Gasteiger partial charge is 0.475 e. The molecule has 1 aromatic heterocycles. The van der Waals surface area contributed by atoms with Crippen LogP contribution >= 0.6 is 0 Å². The molecule has 14 heteroatoms. The summed E-state index contributed by atoms with van der Waals surface area (Å²) < 4.78 is 63.5. The summed E-state index contributed by atoms with van der Waals surface area (Å²) in [5, 5.41) is 14.2. The number of aliphatic carboxylic acids is 2. The SMILES string of the molecule is CN1C2CCC1C1(CCN(c3cnccn3)C1)C2.O=C(O)C(F)(F)F.O=C(O)C(F)(F)F. The third kappa shape index (κ3) is 5.99. The molecule has 3 fully saturated rings. The molecule has 3 atom stereocenters. The van der Waals surface area contributed by atoms with E-state index in [1.807, 2.05) is 6.20 Å². The molecule has 2 N–H and O–H groups in total. The molecule has 3 saturated heterocycles. The van der Waals surface area contributed by atoms with Crippen LogP contribution in [0.3, 0.4) is 0 Å². The van der Waals surface area contributed by atoms with Gasteiger partial charge in [0.2, 0.25) is 0 Å². The zero-order valence-corrected chi connectivity index (χ0v) is 16.9. The van der Waals surface area contributed by atoms with Crippen LogP contribution in [0.5, 0.6) is 0 Å². The molecule has 180 valence electrons. The summed E-state index contributed by atoms with van der Waals surface area (Å²) in [5.74, 6) is -4.46. The summed E-state index contributed by atoms with van der Waals surface area (Å²) in [4.78, 5) is 31.5. The van der Waals surface area contributed by atoms with Crippen LogP contribution in [-0.4, -0.2) is 81.6 Å². The Morgan fingerprint density at radius 2 is 1.62 bits per heavy atom. The first-order valence-electron chi connectivity index (χ1n) is 9.50. The number of hydrogen-bond acceptors (Lipinski definition) is 6. The first kappa shape index (κ1) is 25.6. The Morgan fingerprint density at radius 3 is 2.00 bits per heavy atom. The summed E-state index contributed by atoms with van der Waals surface area (Å²) in [6.45, 7) is 2.33. The number of carboxylic acid groups (broad SMARTS) is 2. The van der Waals surface area contributed by atoms with E-state index in [4.69, 9.17) is 19.8 Å². The average molecular weight is 472 g/mol. The van der Waals surface area contributed by atoms with Crippen LogP contribution in [0.25, 0.3) is 0 Å². The Labute approximate surface area is 178 Å². The minimum Gasteiger partial charge on any atom is -0.475 e. The van der Waals surface area contributed by atoms with E-state index in [-0.39, 0.29) is 0 Å². The molecule has 0 aromatic carbocycles. The molecule has 0 amide bonds. The zero-order chi connectivity index (χ0) is 24.3. The number of halogens is 6. The lowest BCUT2D eigenvalue weighted by Gasteiger charge is -2.33. The third-order valence-corrected chi connectivity index (χ3v) is 5.93. The van der Waals surface area contributed by atoms with Crippen LogP contribution in [0.15, 0.2) is 18.6 Å². The Morgan fingerprint density at radius 1 is 1.06 bits per heavy atom. The first-order chi connectivity index (χ1) is 14.7. The Hall–Kier alpha value is -2.64. The van der Waals surface area contributed by atoms with E-state index >= 15 is 0 Å². The molecule has 2 bridgehead atoms. The largest absolute Gasteiger partial charge is 0.490 e. The van der Waals surface area contributed by atoms with Crippen molar-refractivity contribution >= 4 is 17.8 Å². The molecular weight excluding hydrogens is 450 g/mol. The second kappa shape index (κ2) is 9.46. The molecule has 0 saturated carbocycles. The van der Waals surface area contributed by atoms with Crippen LogP contribution in [-0.2, 0) is 9.59 Å². The predicted molar refractivity (Wildman–Crippen MR) is 97.9 cm³/mol. The van der Waals surface area contributed by atoms with Crippen molar-refractivity contribution in [3.05, 3.63) is 18.6 Å². The van der Waals surface area contributed by atoms with Gasteiger partial charge < -0.3 is 15.1 Å². The third-order valence-electron chi connectivity index (χ3n) is 5.93. The van der Waals surface area contributed by atoms with Gasteiger partial charge in [0.25, 0.3) is 0 Å². The van der Waals surface area contributed by atoms with Crippen molar-refractivity contribution in [3.8, 4) is 0 Å². The highest BCUT2D eigenvalue weighted by Crippen LogP contribution is 2.53. The van der Waals surface area contributed by atoms with Crippen LogP contribution in [0, 0.1) is 5.41 Å². The van der Waals surface area contributed by atoms with Gasteiger partial charge in [-0.15, -0.1) is 0 Å². The summed E-state index contributed by atoms with van der Waals surface area (Å²) in [7, 11) is 2.32. The summed E-state index contributed by atoms with van der Waals surface area (Å²) in [6, 6.07) is 1.65. The van der Waals surface area contributed by atoms with E-state index in [1.165, 1.54) is 32.2 Å². The van der Waals surface area contributed by atoms with Gasteiger partial charge in [-0.1, -0.05) is 0 Å². The monoisotopic (exact) mass is 472 g/mol. The van der Waals surface area contributed by atoms with Crippen molar-refractivity contribution in [1.82, 2.24) is 14.9 Å². The molecule has 3 aliphatic rings. The summed E-state index contributed by atoms with van der Waals surface area (Å²) in [5.41, 5.74) is 0.537. The van der Waals surface area contributed by atoms with Gasteiger partial charge in [-0.05, 0) is 32.7 Å². The number of hydrogen-bond donors (Lipinski definition) is 2. The van der Waals surface area contributed by atoms with Crippen molar-refractivity contribution in [2.45, 2.75) is 50.1 Å². The maximum Gasteiger partial charge on any atom is 0.490 e. The first-order valence-corrected chi connectivity index (χ1v) is 9.50. The van der Waals surface area contributed by atoms with Gasteiger partial charge in [0.05, 0.1) is 6.20 Å². The maximum absolute atomic E-state index is 10.6. The number of rotatable bonds is 1. The maximum atomic E-state index is 10.6. The number of anilines is 1. The summed E-state index contributed by atoms with van der Waals surface area (Å²) >= 11 is 0. The molecule has 3 aliphatic heterocycles. The van der Waals surface area contributed by atoms with Crippen LogP contribution in [0.2, 0.25) is 0 Å². The van der Waals surface area contributed by atoms with Crippen LogP contribution in [0.1, 0.15) is 25.7 Å². The van der Waals surface area contributed by atoms with Crippen molar-refractivity contribution < 1.29 is 46.1 Å². The lowest BCUT2D eigenvalue weighted by molar-refractivity contribution is -0.193. The molecule has 0 aliphatic carbocycles. The van der Waals surface area contributed by atoms with Gasteiger partial charge in [-0.2, -0.15) is 26.3 Å². The predicted octanol–water partition coefficient (Wildman–Crippen LogP) is 2.81. The van der Waals surface area contributed by atoms with Gasteiger partial charge >= 0.3 is 24.3 Å². The Balaban J connectivity index is 0.000000218. The minimum absolute atomic E-state index is 0.537. The van der Waals surface area contributed by atoms with Gasteiger partial charge in [0.1, 0.15) is 5.82 Å². The fraction of sp³-hybridized carbons (Fsp3) is 0.667. The van der Waals surface area contributed by atoms with E-state index in [2.05, 4.69) is 26.8 Å². The van der Waals surface area contributed by atoms with Gasteiger partial charge in [-0.3, -0.25) is 9.88 Å². The average Bonchev–Trinajstić information content (AvgIpc) is 3.34. The van der Waals surface area contributed by atoms with Crippen molar-refractivity contribution in [1.29, 1.82) is 0 Å². The van der Waals surface area contributed by atoms with E-state index < -0.39 is 24.3 Å². The molecule has 32 heavy (non-hydrogen) atoms. The fourth-order valence-corrected chi connectivity index (χ4v) is 4.59. The minimum atomic E-state index is -5.08. The van der Waals surface area contributed by atoms with E-state index in [0.29, 0.717) is 5.41 Å². The molecule has 1 aromatic rings. The van der Waals surface area contributed by atoms with Crippen molar-refractivity contribution in [3.63, 3.8) is 0 Å². The number of fused-ring (bicyclic) bond motifs is 3. The lowest BCUT2D eigenvalue weighted by atomic mass is 9.73. The molecule has 0 radical (unpaired) electrons. The molecule has 4 rings (SSSR count). The Kier molecular flexibility index (Phi) is 7.58. The molecule has 8 nitrogen and oxygen atoms in total. The Bertz CT molecular complexity index is 783. The van der Waals surface area contributed by atoms with Gasteiger partial charge in [0.15, 0.2) is 0 Å². The number of nitrogens with zero attached hydrogens (tertiary/aromatic N) is 4. The molecule has 1 spiro atoms. The van der Waals surface area contributed by atoms with E-state index in [0.717, 1.165) is 24.4 Å². The molecular formula is C18H22F6N4O4. The lowest BCUT2D eigenvalue weighted by Crippen LogP contribution is -2.38. The zero-order valence-electron chi connectivity index (χ0n) is 16.9. The van der Waals surface area contributed by atoms with E-state index in [1.54, 1.807) is 12.4 Å². The number of aromatic nitrogens is 2. The van der Waals surface area contributed by atoms with Crippen molar-refractivity contribution in [2.24, 2.45) is 5.41 Å². The number of carboxylic acids is 2. The van der Waals surface area contributed by atoms with E-state index in [9.17, 15) is 26.3 Å². The topological polar surface area (TPSA) is 107 Å². The molecule has 3 unspecified atom stereocenters. The number of carbonyl (C=O) groups is 2. The standard InChI is InChI=1S/C14H20N4.2C2HF3O2/c1-17-11-2-3-12(17)14(8-11)4-7-18(10-14)13-9-15-5-6-16-13;2*3-2(4,5)1(6)7/h5-6,9,11-12H,2-4,7-8,10H2,1H3;2*(H,6,7). The molecule has 4 heterocycles. The highest BCUT2D eigenvalue weighted by Gasteiger charge is 2.56. The second-order valence-corrected chi connectivity index (χ2v) is 7.82. The normalized spacial score (nSPS) is 26.9. The highest BCUT2D eigenvalue weighted by atomic mass is 19.4. The fourth-order valence-electron chi connectivity index (χ4n) is 4.59. The highest BCUT2D eigenvalue weighted by molar-refractivity contribution is 5.73. The quantitative estimate of drug-likeness (QED) is 0.601. The summed E-state index contributed by atoms with van der Waals surface area (Å²) in [6.07, 6.45) is 0.813. The number of alkyl halides is 6. The van der Waals surface area contributed by atoms with Crippen molar-refractivity contribution in [2.75, 3.05) is 25.0 Å². The van der Waals surface area contributed by atoms with Crippen LogP contribution in [0.4, 0.5) is 32.2 Å².